The summed E-state index contributed by atoms with van der Waals surface area (Å²) in [4.78, 5) is 25.4. The Morgan fingerprint density at radius 1 is 1.43 bits per heavy atom. The number of fused-ring (bicyclic) bond motifs is 1. The van der Waals surface area contributed by atoms with Crippen molar-refractivity contribution < 1.29 is 14.7 Å². The summed E-state index contributed by atoms with van der Waals surface area (Å²) in [5.74, 6) is -1.60. The van der Waals surface area contributed by atoms with Crippen molar-refractivity contribution in [2.75, 3.05) is 6.54 Å². The largest absolute Gasteiger partial charge is 0.481 e. The molecule has 5 heteroatoms. The Morgan fingerprint density at radius 3 is 2.81 bits per heavy atom. The molecule has 0 saturated carbocycles. The summed E-state index contributed by atoms with van der Waals surface area (Å²) >= 11 is 0. The van der Waals surface area contributed by atoms with Gasteiger partial charge in [0.15, 0.2) is 0 Å². The van der Waals surface area contributed by atoms with Crippen molar-refractivity contribution in [2.45, 2.75) is 44.7 Å². The first kappa shape index (κ1) is 15.5. The zero-order chi connectivity index (χ0) is 15.4. The van der Waals surface area contributed by atoms with Crippen LogP contribution in [0.1, 0.15) is 43.2 Å². The fraction of sp³-hybridized carbons (Fsp3) is 0.500. The summed E-state index contributed by atoms with van der Waals surface area (Å²) in [5, 5.41) is 9.39. The first-order valence-corrected chi connectivity index (χ1v) is 7.36. The Morgan fingerprint density at radius 2 is 2.14 bits per heavy atom. The molecule has 0 fully saturated rings. The van der Waals surface area contributed by atoms with Gasteiger partial charge in [-0.15, -0.1) is 0 Å². The number of carboxylic acid groups (broad SMARTS) is 1. The second-order valence-electron chi connectivity index (χ2n) is 5.62. The third kappa shape index (κ3) is 3.61. The van der Waals surface area contributed by atoms with Crippen molar-refractivity contribution in [2.24, 2.45) is 5.73 Å². The van der Waals surface area contributed by atoms with Gasteiger partial charge in [-0.25, -0.2) is 0 Å². The minimum atomic E-state index is -0.891. The van der Waals surface area contributed by atoms with E-state index < -0.39 is 11.9 Å². The topological polar surface area (TPSA) is 83.6 Å². The molecular weight excluding hydrogens is 268 g/mol. The van der Waals surface area contributed by atoms with E-state index in [1.165, 1.54) is 0 Å². The average Bonchev–Trinajstić information content (AvgIpc) is 2.46. The van der Waals surface area contributed by atoms with E-state index in [9.17, 15) is 14.7 Å². The molecule has 0 spiro atoms. The van der Waals surface area contributed by atoms with Crippen molar-refractivity contribution in [3.05, 3.63) is 35.4 Å². The van der Waals surface area contributed by atoms with Crippen LogP contribution in [0.3, 0.4) is 0 Å². The highest BCUT2D eigenvalue weighted by molar-refractivity contribution is 5.81. The third-order valence-electron chi connectivity index (χ3n) is 3.94. The second-order valence-corrected chi connectivity index (χ2v) is 5.62. The van der Waals surface area contributed by atoms with Crippen LogP contribution in [0.4, 0.5) is 0 Å². The molecule has 1 aromatic rings. The van der Waals surface area contributed by atoms with Gasteiger partial charge in [-0.2, -0.15) is 0 Å². The number of carboxylic acids is 1. The number of benzene rings is 1. The van der Waals surface area contributed by atoms with Gasteiger partial charge in [0.05, 0.1) is 5.92 Å². The summed E-state index contributed by atoms with van der Waals surface area (Å²) in [5.41, 5.74) is 7.64. The number of hydrogen-bond donors (Lipinski definition) is 2. The van der Waals surface area contributed by atoms with Crippen LogP contribution in [0.25, 0.3) is 0 Å². The SMILES string of the molecule is CCCC(N)CC(=O)N1Cc2ccccc2C(C(=O)O)C1. The molecule has 0 saturated heterocycles. The first-order valence-electron chi connectivity index (χ1n) is 7.36. The first-order chi connectivity index (χ1) is 10.0. The zero-order valence-corrected chi connectivity index (χ0v) is 12.3. The number of nitrogens with zero attached hydrogens (tertiary/aromatic N) is 1. The summed E-state index contributed by atoms with van der Waals surface area (Å²) in [6, 6.07) is 7.27. The highest BCUT2D eigenvalue weighted by atomic mass is 16.4. The summed E-state index contributed by atoms with van der Waals surface area (Å²) < 4.78 is 0. The van der Waals surface area contributed by atoms with Crippen LogP contribution in [0.5, 0.6) is 0 Å². The fourth-order valence-corrected chi connectivity index (χ4v) is 2.83. The highest BCUT2D eigenvalue weighted by Gasteiger charge is 2.32. The quantitative estimate of drug-likeness (QED) is 0.864. The van der Waals surface area contributed by atoms with Gasteiger partial charge < -0.3 is 15.7 Å². The Kier molecular flexibility index (Phi) is 4.96. The fourth-order valence-electron chi connectivity index (χ4n) is 2.83. The standard InChI is InChI=1S/C16H22N2O3/c1-2-5-12(17)8-15(19)18-9-11-6-3-4-7-13(11)14(10-18)16(20)21/h3-4,6-7,12,14H,2,5,8-10,17H2,1H3,(H,20,21). The minimum Gasteiger partial charge on any atom is -0.481 e. The molecule has 114 valence electrons. The molecule has 0 aromatic heterocycles. The monoisotopic (exact) mass is 290 g/mol. The van der Waals surface area contributed by atoms with Crippen molar-refractivity contribution in [1.82, 2.24) is 4.90 Å². The maximum atomic E-state index is 12.3. The van der Waals surface area contributed by atoms with E-state index in [0.29, 0.717) is 6.54 Å². The number of nitrogens with two attached hydrogens (primary N) is 1. The Hall–Kier alpha value is -1.88. The molecule has 1 amide bonds. The van der Waals surface area contributed by atoms with Crippen LogP contribution >= 0.6 is 0 Å². The molecule has 5 nitrogen and oxygen atoms in total. The van der Waals surface area contributed by atoms with Gasteiger partial charge in [0.2, 0.25) is 5.91 Å². The smallest absolute Gasteiger partial charge is 0.312 e. The number of hydrogen-bond acceptors (Lipinski definition) is 3. The number of amides is 1. The van der Waals surface area contributed by atoms with E-state index in [4.69, 9.17) is 5.73 Å². The van der Waals surface area contributed by atoms with Crippen molar-refractivity contribution >= 4 is 11.9 Å². The van der Waals surface area contributed by atoms with Crippen LogP contribution in [-0.2, 0) is 16.1 Å². The molecule has 1 aliphatic heterocycles. The molecule has 3 N–H and O–H groups in total. The summed E-state index contributed by atoms with van der Waals surface area (Å²) in [6.45, 7) is 2.73. The predicted molar refractivity (Wildman–Crippen MR) is 79.7 cm³/mol. The number of rotatable bonds is 5. The third-order valence-corrected chi connectivity index (χ3v) is 3.94. The molecule has 2 rings (SSSR count). The van der Waals surface area contributed by atoms with Crippen LogP contribution in [0.2, 0.25) is 0 Å². The van der Waals surface area contributed by atoms with Crippen LogP contribution in [0.15, 0.2) is 24.3 Å². The van der Waals surface area contributed by atoms with Gasteiger partial charge in [-0.05, 0) is 17.5 Å². The lowest BCUT2D eigenvalue weighted by Crippen LogP contribution is -2.42. The molecule has 0 aliphatic carbocycles. The lowest BCUT2D eigenvalue weighted by atomic mass is 9.89. The molecule has 2 unspecified atom stereocenters. The second kappa shape index (κ2) is 6.72. The van der Waals surface area contributed by atoms with Crippen molar-refractivity contribution in [3.63, 3.8) is 0 Å². The summed E-state index contributed by atoms with van der Waals surface area (Å²) in [6.07, 6.45) is 2.02. The molecular formula is C16H22N2O3. The van der Waals surface area contributed by atoms with Crippen molar-refractivity contribution in [1.29, 1.82) is 0 Å². The van der Waals surface area contributed by atoms with Crippen LogP contribution in [-0.4, -0.2) is 34.5 Å². The lowest BCUT2D eigenvalue weighted by molar-refractivity contribution is -0.141. The molecule has 1 heterocycles. The van der Waals surface area contributed by atoms with Crippen LogP contribution < -0.4 is 5.73 Å². The van der Waals surface area contributed by atoms with Gasteiger partial charge >= 0.3 is 5.97 Å². The average molecular weight is 290 g/mol. The Balaban J connectivity index is 2.14. The van der Waals surface area contributed by atoms with E-state index in [1.807, 2.05) is 31.2 Å². The molecule has 1 aromatic carbocycles. The molecule has 1 aliphatic rings. The van der Waals surface area contributed by atoms with E-state index in [-0.39, 0.29) is 24.9 Å². The number of aliphatic carboxylic acids is 1. The van der Waals surface area contributed by atoms with Gasteiger partial charge in [0.1, 0.15) is 0 Å². The molecule has 0 radical (unpaired) electrons. The maximum absolute atomic E-state index is 12.3. The van der Waals surface area contributed by atoms with E-state index in [0.717, 1.165) is 24.0 Å². The van der Waals surface area contributed by atoms with Gasteiger partial charge in [0, 0.05) is 25.6 Å². The Labute approximate surface area is 124 Å². The normalized spacial score (nSPS) is 19.0. The molecule has 21 heavy (non-hydrogen) atoms. The van der Waals surface area contributed by atoms with Gasteiger partial charge in [-0.3, -0.25) is 9.59 Å². The van der Waals surface area contributed by atoms with Crippen molar-refractivity contribution in [3.8, 4) is 0 Å². The molecule has 0 bridgehead atoms. The van der Waals surface area contributed by atoms with Crippen LogP contribution in [0, 0.1) is 0 Å². The Bertz CT molecular complexity index is 530. The lowest BCUT2D eigenvalue weighted by Gasteiger charge is -2.33. The minimum absolute atomic E-state index is 0.0586. The molecule has 2 atom stereocenters. The zero-order valence-electron chi connectivity index (χ0n) is 12.3. The summed E-state index contributed by atoms with van der Waals surface area (Å²) in [7, 11) is 0. The van der Waals surface area contributed by atoms with Gasteiger partial charge in [-0.1, -0.05) is 37.6 Å². The van der Waals surface area contributed by atoms with E-state index >= 15 is 0 Å². The van der Waals surface area contributed by atoms with E-state index in [1.54, 1.807) is 4.90 Å². The number of carbonyl (C=O) groups is 2. The maximum Gasteiger partial charge on any atom is 0.312 e. The predicted octanol–water partition coefficient (Wildman–Crippen LogP) is 1.71. The highest BCUT2D eigenvalue weighted by Crippen LogP contribution is 2.28. The van der Waals surface area contributed by atoms with E-state index in [2.05, 4.69) is 0 Å². The van der Waals surface area contributed by atoms with Gasteiger partial charge in [0.25, 0.3) is 0 Å². The number of carbonyl (C=O) groups excluding carboxylic acids is 1.